The van der Waals surface area contributed by atoms with E-state index >= 15 is 0 Å². The Morgan fingerprint density at radius 1 is 1.38 bits per heavy atom. The van der Waals surface area contributed by atoms with Crippen LogP contribution in [0.1, 0.15) is 33.4 Å². The number of rotatable bonds is 4. The fraction of sp³-hybridized carbons (Fsp3) is 0.538. The molecular weight excluding hydrogens is 202 g/mol. The van der Waals surface area contributed by atoms with E-state index in [4.69, 9.17) is 4.74 Å². The zero-order chi connectivity index (χ0) is 12.2. The number of ether oxygens (including phenoxy) is 1. The predicted octanol–water partition coefficient (Wildman–Crippen LogP) is 2.64. The highest BCUT2D eigenvalue weighted by atomic mass is 16.5. The number of hydrogen-bond donors (Lipinski definition) is 0. The smallest absolute Gasteiger partial charge is 0.213 e. The van der Waals surface area contributed by atoms with Gasteiger partial charge in [0.25, 0.3) is 0 Å². The quantitative estimate of drug-likeness (QED) is 0.784. The van der Waals surface area contributed by atoms with Gasteiger partial charge in [0.15, 0.2) is 0 Å². The fourth-order valence-electron chi connectivity index (χ4n) is 1.21. The Hall–Kier alpha value is -1.38. The molecule has 0 spiro atoms. The molecule has 3 heteroatoms. The molecule has 88 valence electrons. The number of pyridine rings is 1. The molecule has 0 saturated carbocycles. The summed E-state index contributed by atoms with van der Waals surface area (Å²) in [4.78, 5) is 16.1. The van der Waals surface area contributed by atoms with Crippen LogP contribution in [0.25, 0.3) is 0 Å². The molecule has 0 amide bonds. The number of carbonyl (C=O) groups excluding carboxylic acids is 1. The van der Waals surface area contributed by atoms with Crippen molar-refractivity contribution >= 4 is 5.78 Å². The van der Waals surface area contributed by atoms with Crippen LogP contribution in [-0.4, -0.2) is 17.4 Å². The number of carbonyl (C=O) groups is 1. The molecule has 0 bridgehead atoms. The lowest BCUT2D eigenvalue weighted by atomic mass is 9.88. The molecule has 3 nitrogen and oxygen atoms in total. The van der Waals surface area contributed by atoms with E-state index < -0.39 is 0 Å². The molecule has 1 aromatic rings. The summed E-state index contributed by atoms with van der Waals surface area (Å²) in [6, 6.07) is 5.52. The van der Waals surface area contributed by atoms with Crippen molar-refractivity contribution in [3.8, 4) is 5.88 Å². The lowest BCUT2D eigenvalue weighted by Crippen LogP contribution is -2.22. The van der Waals surface area contributed by atoms with Gasteiger partial charge in [0.1, 0.15) is 5.78 Å². The first-order valence-electron chi connectivity index (χ1n) is 5.55. The summed E-state index contributed by atoms with van der Waals surface area (Å²) in [5.74, 6) is 0.773. The van der Waals surface area contributed by atoms with Crippen LogP contribution in [0.3, 0.4) is 0 Å². The maximum atomic E-state index is 11.8. The third kappa shape index (κ3) is 3.65. The van der Waals surface area contributed by atoms with Gasteiger partial charge >= 0.3 is 0 Å². The van der Waals surface area contributed by atoms with Crippen molar-refractivity contribution in [2.75, 3.05) is 6.61 Å². The van der Waals surface area contributed by atoms with Crippen molar-refractivity contribution < 1.29 is 9.53 Å². The highest BCUT2D eigenvalue weighted by Gasteiger charge is 2.21. The molecular formula is C13H19NO2. The second kappa shape index (κ2) is 5.10. The van der Waals surface area contributed by atoms with Crippen molar-refractivity contribution in [1.82, 2.24) is 4.98 Å². The third-order valence-corrected chi connectivity index (χ3v) is 2.25. The van der Waals surface area contributed by atoms with Gasteiger partial charge in [-0.05, 0) is 13.0 Å². The van der Waals surface area contributed by atoms with Crippen molar-refractivity contribution in [2.24, 2.45) is 5.41 Å². The van der Waals surface area contributed by atoms with Crippen LogP contribution < -0.4 is 4.74 Å². The Kier molecular flexibility index (Phi) is 4.05. The van der Waals surface area contributed by atoms with E-state index in [0.29, 0.717) is 18.9 Å². The molecule has 0 atom stereocenters. The van der Waals surface area contributed by atoms with Gasteiger partial charge in [-0.25, -0.2) is 4.98 Å². The Morgan fingerprint density at radius 3 is 2.62 bits per heavy atom. The number of hydrogen-bond acceptors (Lipinski definition) is 3. The molecule has 0 fully saturated rings. The maximum Gasteiger partial charge on any atom is 0.213 e. The van der Waals surface area contributed by atoms with Crippen molar-refractivity contribution in [3.05, 3.63) is 23.9 Å². The molecule has 0 saturated heterocycles. The summed E-state index contributed by atoms with van der Waals surface area (Å²) >= 11 is 0. The van der Waals surface area contributed by atoms with Crippen molar-refractivity contribution in [3.63, 3.8) is 0 Å². The highest BCUT2D eigenvalue weighted by Crippen LogP contribution is 2.18. The van der Waals surface area contributed by atoms with Crippen molar-refractivity contribution in [1.29, 1.82) is 0 Å². The Labute approximate surface area is 96.8 Å². The van der Waals surface area contributed by atoms with Gasteiger partial charge in [-0.1, -0.05) is 26.8 Å². The first-order valence-corrected chi connectivity index (χ1v) is 5.55. The van der Waals surface area contributed by atoms with Crippen LogP contribution in [0.15, 0.2) is 18.2 Å². The molecule has 0 aromatic carbocycles. The van der Waals surface area contributed by atoms with Gasteiger partial charge in [0.05, 0.1) is 12.3 Å². The second-order valence-electron chi connectivity index (χ2n) is 4.75. The predicted molar refractivity (Wildman–Crippen MR) is 63.6 cm³/mol. The monoisotopic (exact) mass is 221 g/mol. The molecule has 16 heavy (non-hydrogen) atoms. The van der Waals surface area contributed by atoms with Crippen molar-refractivity contribution in [2.45, 2.75) is 34.1 Å². The van der Waals surface area contributed by atoms with Gasteiger partial charge in [-0.3, -0.25) is 4.79 Å². The van der Waals surface area contributed by atoms with Gasteiger partial charge in [0, 0.05) is 17.9 Å². The Bertz CT molecular complexity index is 366. The maximum absolute atomic E-state index is 11.8. The molecule has 0 radical (unpaired) electrons. The molecule has 0 unspecified atom stereocenters. The number of nitrogens with zero attached hydrogens (tertiary/aromatic N) is 1. The largest absolute Gasteiger partial charge is 0.478 e. The van der Waals surface area contributed by atoms with Crippen LogP contribution in [0, 0.1) is 5.41 Å². The normalized spacial score (nSPS) is 11.2. The van der Waals surface area contributed by atoms with E-state index in [1.165, 1.54) is 0 Å². The molecule has 1 heterocycles. The Morgan fingerprint density at radius 2 is 2.06 bits per heavy atom. The van der Waals surface area contributed by atoms with Crippen LogP contribution >= 0.6 is 0 Å². The second-order valence-corrected chi connectivity index (χ2v) is 4.75. The number of Topliss-reactive ketones (excluding diaryl/α,β-unsaturated/α-hetero) is 1. The first-order chi connectivity index (χ1) is 7.43. The average Bonchev–Trinajstić information content (AvgIpc) is 2.17. The van der Waals surface area contributed by atoms with Gasteiger partial charge in [0.2, 0.25) is 5.88 Å². The first kappa shape index (κ1) is 12.7. The summed E-state index contributed by atoms with van der Waals surface area (Å²) in [6.07, 6.45) is 0.365. The zero-order valence-electron chi connectivity index (χ0n) is 10.4. The number of ketones is 1. The van der Waals surface area contributed by atoms with Gasteiger partial charge in [-0.15, -0.1) is 0 Å². The van der Waals surface area contributed by atoms with E-state index in [1.807, 2.05) is 39.8 Å². The van der Waals surface area contributed by atoms with Gasteiger partial charge < -0.3 is 4.74 Å². The van der Waals surface area contributed by atoms with Crippen LogP contribution in [0.4, 0.5) is 0 Å². The van der Waals surface area contributed by atoms with E-state index in [-0.39, 0.29) is 11.2 Å². The zero-order valence-corrected chi connectivity index (χ0v) is 10.4. The summed E-state index contributed by atoms with van der Waals surface area (Å²) < 4.78 is 5.29. The summed E-state index contributed by atoms with van der Waals surface area (Å²) in [6.45, 7) is 8.25. The SMILES string of the molecule is CCOc1cccc(CC(=O)C(C)(C)C)n1. The minimum absolute atomic E-state index is 0.189. The topological polar surface area (TPSA) is 39.2 Å². The lowest BCUT2D eigenvalue weighted by molar-refractivity contribution is -0.125. The lowest BCUT2D eigenvalue weighted by Gasteiger charge is -2.16. The fourth-order valence-corrected chi connectivity index (χ4v) is 1.21. The summed E-state index contributed by atoms with van der Waals surface area (Å²) in [5.41, 5.74) is 0.453. The highest BCUT2D eigenvalue weighted by molar-refractivity contribution is 5.85. The Balaban J connectivity index is 2.74. The molecule has 1 aromatic heterocycles. The molecule has 0 aliphatic carbocycles. The number of aromatic nitrogens is 1. The van der Waals surface area contributed by atoms with E-state index in [0.717, 1.165) is 5.69 Å². The van der Waals surface area contributed by atoms with Crippen LogP contribution in [-0.2, 0) is 11.2 Å². The van der Waals surface area contributed by atoms with E-state index in [2.05, 4.69) is 4.98 Å². The molecule has 0 aliphatic rings. The van der Waals surface area contributed by atoms with Crippen LogP contribution in [0.2, 0.25) is 0 Å². The van der Waals surface area contributed by atoms with E-state index in [9.17, 15) is 4.79 Å². The average molecular weight is 221 g/mol. The minimum atomic E-state index is -0.316. The summed E-state index contributed by atoms with van der Waals surface area (Å²) in [7, 11) is 0. The molecule has 1 rings (SSSR count). The minimum Gasteiger partial charge on any atom is -0.478 e. The summed E-state index contributed by atoms with van der Waals surface area (Å²) in [5, 5.41) is 0. The third-order valence-electron chi connectivity index (χ3n) is 2.25. The molecule has 0 N–H and O–H groups in total. The van der Waals surface area contributed by atoms with Crippen LogP contribution in [0.5, 0.6) is 5.88 Å². The standard InChI is InChI=1S/C13H19NO2/c1-5-16-12-8-6-7-10(14-12)9-11(15)13(2,3)4/h6-8H,5,9H2,1-4H3. The van der Waals surface area contributed by atoms with E-state index in [1.54, 1.807) is 6.07 Å². The van der Waals surface area contributed by atoms with Gasteiger partial charge in [-0.2, -0.15) is 0 Å². The molecule has 0 aliphatic heterocycles.